The maximum Gasteiger partial charge on any atom is 0.305 e. The maximum atomic E-state index is 12.4. The number of hydrogen-bond donors (Lipinski definition) is 3. The van der Waals surface area contributed by atoms with Gasteiger partial charge in [0.15, 0.2) is 0 Å². The van der Waals surface area contributed by atoms with E-state index in [0.717, 1.165) is 38.5 Å². The zero-order valence-electron chi connectivity index (χ0n) is 42.6. The van der Waals surface area contributed by atoms with Crippen LogP contribution in [0.25, 0.3) is 0 Å². The SMILES string of the molecule is CCCCCCCCC/C=C/C(O)C(CO)NC(=O)CCCCCCCCCCCCCCCCCCCCCOC(=O)CCCCCCCCCCCCCCCCCCCC. The van der Waals surface area contributed by atoms with Crippen LogP contribution in [0, 0.1) is 0 Å². The molecule has 0 bridgehead atoms. The van der Waals surface area contributed by atoms with E-state index < -0.39 is 12.1 Å². The fraction of sp³-hybridized carbons (Fsp3) is 0.930. The highest BCUT2D eigenvalue weighted by Crippen LogP contribution is 2.17. The van der Waals surface area contributed by atoms with Crippen LogP contribution in [0.15, 0.2) is 12.2 Å². The van der Waals surface area contributed by atoms with Crippen LogP contribution in [0.1, 0.15) is 316 Å². The van der Waals surface area contributed by atoms with E-state index in [2.05, 4.69) is 19.2 Å². The monoisotopic (exact) mass is 890 g/mol. The summed E-state index contributed by atoms with van der Waals surface area (Å²) in [6.07, 6.45) is 62.4. The molecule has 2 unspecified atom stereocenters. The first kappa shape index (κ1) is 61.6. The van der Waals surface area contributed by atoms with Crippen molar-refractivity contribution in [2.75, 3.05) is 13.2 Å². The molecule has 2 atom stereocenters. The summed E-state index contributed by atoms with van der Waals surface area (Å²) in [5, 5.41) is 22.9. The van der Waals surface area contributed by atoms with Crippen LogP contribution in [0.4, 0.5) is 0 Å². The number of aliphatic hydroxyl groups is 2. The number of esters is 1. The molecule has 0 heterocycles. The van der Waals surface area contributed by atoms with E-state index in [9.17, 15) is 19.8 Å². The summed E-state index contributed by atoms with van der Waals surface area (Å²) in [6, 6.07) is -0.627. The molecule has 0 aliphatic rings. The zero-order chi connectivity index (χ0) is 45.8. The summed E-state index contributed by atoms with van der Waals surface area (Å²) in [5.74, 6) is -0.0597. The lowest BCUT2D eigenvalue weighted by Gasteiger charge is -2.20. The zero-order valence-corrected chi connectivity index (χ0v) is 42.6. The third-order valence-corrected chi connectivity index (χ3v) is 13.3. The largest absolute Gasteiger partial charge is 0.466 e. The van der Waals surface area contributed by atoms with Crippen molar-refractivity contribution in [2.24, 2.45) is 0 Å². The van der Waals surface area contributed by atoms with E-state index in [-0.39, 0.29) is 18.5 Å². The van der Waals surface area contributed by atoms with Gasteiger partial charge >= 0.3 is 5.97 Å². The third-order valence-electron chi connectivity index (χ3n) is 13.3. The minimum Gasteiger partial charge on any atom is -0.466 e. The van der Waals surface area contributed by atoms with Gasteiger partial charge in [0.25, 0.3) is 0 Å². The molecule has 0 aromatic heterocycles. The topological polar surface area (TPSA) is 95.9 Å². The van der Waals surface area contributed by atoms with Crippen LogP contribution in [-0.2, 0) is 14.3 Å². The number of nitrogens with one attached hydrogen (secondary N) is 1. The summed E-state index contributed by atoms with van der Waals surface area (Å²) in [7, 11) is 0. The first-order chi connectivity index (χ1) is 31.0. The molecule has 63 heavy (non-hydrogen) atoms. The van der Waals surface area contributed by atoms with Gasteiger partial charge < -0.3 is 20.3 Å². The lowest BCUT2D eigenvalue weighted by atomic mass is 10.0. The van der Waals surface area contributed by atoms with E-state index in [4.69, 9.17) is 4.74 Å². The van der Waals surface area contributed by atoms with Gasteiger partial charge in [0, 0.05) is 12.8 Å². The van der Waals surface area contributed by atoms with Crippen LogP contribution < -0.4 is 5.32 Å². The number of hydrogen-bond acceptors (Lipinski definition) is 5. The normalized spacial score (nSPS) is 12.6. The number of unbranched alkanes of at least 4 members (excludes halogenated alkanes) is 42. The second-order valence-corrected chi connectivity index (χ2v) is 19.6. The van der Waals surface area contributed by atoms with Crippen LogP contribution in [0.3, 0.4) is 0 Å². The highest BCUT2D eigenvalue weighted by molar-refractivity contribution is 5.76. The van der Waals surface area contributed by atoms with Gasteiger partial charge in [-0.3, -0.25) is 9.59 Å². The molecule has 0 aromatic rings. The Bertz CT molecular complexity index is 939. The van der Waals surface area contributed by atoms with Gasteiger partial charge in [-0.05, 0) is 32.1 Å². The Labute approximate surface area is 393 Å². The Hall–Kier alpha value is -1.40. The summed E-state index contributed by atoms with van der Waals surface area (Å²) in [4.78, 5) is 24.5. The molecule has 374 valence electrons. The standard InChI is InChI=1S/C57H111NO5/c1-3-5-7-9-11-13-14-15-16-17-22-25-28-31-35-39-43-47-51-57(62)63-52-48-44-40-36-32-29-26-23-20-18-19-21-24-27-30-34-38-42-46-50-56(61)58-54(53-59)55(60)49-45-41-37-33-12-10-8-6-4-2/h45,49,54-55,59-60H,3-44,46-48,50-53H2,1-2H3,(H,58,61)/b49-45+. The predicted octanol–water partition coefficient (Wildman–Crippen LogP) is 17.3. The molecule has 0 spiro atoms. The molecule has 0 fully saturated rings. The molecule has 0 aliphatic heterocycles. The lowest BCUT2D eigenvalue weighted by Crippen LogP contribution is -2.45. The maximum absolute atomic E-state index is 12.4. The van der Waals surface area contributed by atoms with E-state index >= 15 is 0 Å². The quantitative estimate of drug-likeness (QED) is 0.0321. The molecule has 6 heteroatoms. The van der Waals surface area contributed by atoms with E-state index in [1.807, 2.05) is 6.08 Å². The molecular weight excluding hydrogens is 779 g/mol. The smallest absolute Gasteiger partial charge is 0.305 e. The molecule has 0 aromatic carbocycles. The van der Waals surface area contributed by atoms with Gasteiger partial charge in [0.1, 0.15) is 0 Å². The van der Waals surface area contributed by atoms with Crippen molar-refractivity contribution < 1.29 is 24.5 Å². The molecule has 0 aliphatic carbocycles. The number of allylic oxidation sites excluding steroid dienone is 1. The summed E-state index contributed by atoms with van der Waals surface area (Å²) >= 11 is 0. The van der Waals surface area contributed by atoms with Gasteiger partial charge in [-0.1, -0.05) is 283 Å². The molecule has 0 saturated carbocycles. The molecular formula is C57H111NO5. The summed E-state index contributed by atoms with van der Waals surface area (Å²) < 4.78 is 5.49. The predicted molar refractivity (Wildman–Crippen MR) is 273 cm³/mol. The fourth-order valence-electron chi connectivity index (χ4n) is 8.93. The van der Waals surface area contributed by atoms with Crippen molar-refractivity contribution in [3.63, 3.8) is 0 Å². The van der Waals surface area contributed by atoms with E-state index in [0.29, 0.717) is 19.4 Å². The van der Waals surface area contributed by atoms with Crippen molar-refractivity contribution in [1.82, 2.24) is 5.32 Å². The average molecular weight is 891 g/mol. The van der Waals surface area contributed by atoms with E-state index in [1.54, 1.807) is 6.08 Å². The molecule has 6 nitrogen and oxygen atoms in total. The summed E-state index contributed by atoms with van der Waals surface area (Å²) in [5.41, 5.74) is 0. The van der Waals surface area contributed by atoms with Gasteiger partial charge in [-0.2, -0.15) is 0 Å². The number of amides is 1. The Kier molecular flexibility index (Phi) is 52.0. The second kappa shape index (κ2) is 53.2. The van der Waals surface area contributed by atoms with Crippen LogP contribution in [-0.4, -0.2) is 47.4 Å². The Morgan fingerprint density at radius 1 is 0.429 bits per heavy atom. The molecule has 0 rings (SSSR count). The molecule has 0 saturated heterocycles. The lowest BCUT2D eigenvalue weighted by molar-refractivity contribution is -0.143. The van der Waals surface area contributed by atoms with Crippen molar-refractivity contribution in [3.8, 4) is 0 Å². The van der Waals surface area contributed by atoms with Crippen LogP contribution in [0.5, 0.6) is 0 Å². The van der Waals surface area contributed by atoms with Gasteiger partial charge in [0.2, 0.25) is 5.91 Å². The van der Waals surface area contributed by atoms with Gasteiger partial charge in [-0.25, -0.2) is 0 Å². The Morgan fingerprint density at radius 3 is 1.08 bits per heavy atom. The number of carbonyl (C=O) groups excluding carboxylic acids is 2. The minimum absolute atomic E-state index is 0.0127. The van der Waals surface area contributed by atoms with Crippen molar-refractivity contribution in [1.29, 1.82) is 0 Å². The highest BCUT2D eigenvalue weighted by Gasteiger charge is 2.18. The third kappa shape index (κ3) is 49.9. The highest BCUT2D eigenvalue weighted by atomic mass is 16.5. The number of rotatable bonds is 53. The number of aliphatic hydroxyl groups excluding tert-OH is 2. The van der Waals surface area contributed by atoms with Crippen molar-refractivity contribution in [3.05, 3.63) is 12.2 Å². The fourth-order valence-corrected chi connectivity index (χ4v) is 8.93. The van der Waals surface area contributed by atoms with Crippen molar-refractivity contribution >= 4 is 11.9 Å². The first-order valence-corrected chi connectivity index (χ1v) is 28.5. The minimum atomic E-state index is -0.843. The first-order valence-electron chi connectivity index (χ1n) is 28.5. The number of carbonyl (C=O) groups is 2. The summed E-state index contributed by atoms with van der Waals surface area (Å²) in [6.45, 7) is 4.89. The van der Waals surface area contributed by atoms with E-state index in [1.165, 1.54) is 250 Å². The van der Waals surface area contributed by atoms with Gasteiger partial charge in [-0.15, -0.1) is 0 Å². The van der Waals surface area contributed by atoms with Crippen LogP contribution >= 0.6 is 0 Å². The molecule has 1 amide bonds. The van der Waals surface area contributed by atoms with Crippen molar-refractivity contribution in [2.45, 2.75) is 328 Å². The second-order valence-electron chi connectivity index (χ2n) is 19.6. The Morgan fingerprint density at radius 2 is 0.730 bits per heavy atom. The molecule has 0 radical (unpaired) electrons. The Balaban J connectivity index is 3.35. The van der Waals surface area contributed by atoms with Crippen LogP contribution in [0.2, 0.25) is 0 Å². The molecule has 3 N–H and O–H groups in total. The number of ether oxygens (including phenoxy) is 1. The van der Waals surface area contributed by atoms with Gasteiger partial charge in [0.05, 0.1) is 25.4 Å². The average Bonchev–Trinajstić information content (AvgIpc) is 3.28.